The molecule has 6 heteroatoms. The number of nitrogens with zero attached hydrogens (tertiary/aromatic N) is 2. The third kappa shape index (κ3) is 3.10. The maximum absolute atomic E-state index is 12.4. The van der Waals surface area contributed by atoms with Crippen molar-refractivity contribution in [2.24, 2.45) is 0 Å². The first-order chi connectivity index (χ1) is 8.40. The van der Waals surface area contributed by atoms with E-state index in [0.717, 1.165) is 12.8 Å². The number of amides is 2. The van der Waals surface area contributed by atoms with Gasteiger partial charge in [-0.05, 0) is 20.3 Å². The second kappa shape index (κ2) is 6.31. The van der Waals surface area contributed by atoms with Crippen molar-refractivity contribution in [2.45, 2.75) is 51.1 Å². The Labute approximate surface area is 113 Å². The van der Waals surface area contributed by atoms with Crippen LogP contribution in [-0.4, -0.2) is 57.2 Å². The summed E-state index contributed by atoms with van der Waals surface area (Å²) in [4.78, 5) is 26.7. The minimum Gasteiger partial charge on any atom is -0.480 e. The SMILES string of the molecule is CCCC1SCC(C(=O)O)N1C(=O)N(C)C(C)C. The molecule has 104 valence electrons. The lowest BCUT2D eigenvalue weighted by Crippen LogP contribution is -2.52. The Morgan fingerprint density at radius 3 is 2.56 bits per heavy atom. The number of carbonyl (C=O) groups is 2. The van der Waals surface area contributed by atoms with Crippen molar-refractivity contribution in [3.8, 4) is 0 Å². The maximum atomic E-state index is 12.4. The zero-order chi connectivity index (χ0) is 13.9. The molecule has 1 heterocycles. The van der Waals surface area contributed by atoms with Gasteiger partial charge in [0.2, 0.25) is 0 Å². The molecule has 0 aromatic rings. The fourth-order valence-corrected chi connectivity index (χ4v) is 3.39. The summed E-state index contributed by atoms with van der Waals surface area (Å²) in [6, 6.07) is -0.805. The Morgan fingerprint density at radius 2 is 2.11 bits per heavy atom. The molecular weight excluding hydrogens is 252 g/mol. The summed E-state index contributed by atoms with van der Waals surface area (Å²) >= 11 is 1.57. The summed E-state index contributed by atoms with van der Waals surface area (Å²) in [5.74, 6) is -0.427. The maximum Gasteiger partial charge on any atom is 0.327 e. The average Bonchev–Trinajstić information content (AvgIpc) is 2.71. The highest BCUT2D eigenvalue weighted by atomic mass is 32.2. The number of carbonyl (C=O) groups excluding carboxylic acids is 1. The molecule has 0 spiro atoms. The second-order valence-electron chi connectivity index (χ2n) is 4.83. The van der Waals surface area contributed by atoms with Gasteiger partial charge >= 0.3 is 12.0 Å². The first-order valence-electron chi connectivity index (χ1n) is 6.29. The molecule has 0 bridgehead atoms. The van der Waals surface area contributed by atoms with Crippen molar-refractivity contribution in [3.05, 3.63) is 0 Å². The van der Waals surface area contributed by atoms with E-state index in [-0.39, 0.29) is 17.4 Å². The van der Waals surface area contributed by atoms with Crippen LogP contribution in [0.5, 0.6) is 0 Å². The number of thioether (sulfide) groups is 1. The molecule has 0 saturated carbocycles. The highest BCUT2D eigenvalue weighted by molar-refractivity contribution is 8.00. The number of carboxylic acids is 1. The third-order valence-electron chi connectivity index (χ3n) is 3.21. The van der Waals surface area contributed by atoms with E-state index >= 15 is 0 Å². The van der Waals surface area contributed by atoms with Crippen LogP contribution in [0, 0.1) is 0 Å². The Morgan fingerprint density at radius 1 is 1.50 bits per heavy atom. The number of hydrogen-bond donors (Lipinski definition) is 1. The summed E-state index contributed by atoms with van der Waals surface area (Å²) in [6.45, 7) is 5.89. The van der Waals surface area contributed by atoms with Gasteiger partial charge in [-0.25, -0.2) is 9.59 Å². The molecule has 0 radical (unpaired) electrons. The standard InChI is InChI=1S/C12H22N2O3S/c1-5-6-10-14(9(7-18-10)11(15)16)12(17)13(4)8(2)3/h8-10H,5-7H2,1-4H3,(H,15,16). The fraction of sp³-hybridized carbons (Fsp3) is 0.833. The van der Waals surface area contributed by atoms with Crippen LogP contribution in [-0.2, 0) is 4.79 Å². The van der Waals surface area contributed by atoms with Crippen molar-refractivity contribution < 1.29 is 14.7 Å². The lowest BCUT2D eigenvalue weighted by molar-refractivity contribution is -0.141. The van der Waals surface area contributed by atoms with E-state index in [2.05, 4.69) is 0 Å². The zero-order valence-electron chi connectivity index (χ0n) is 11.4. The topological polar surface area (TPSA) is 60.9 Å². The minimum absolute atomic E-state index is 0.00944. The van der Waals surface area contributed by atoms with Gasteiger partial charge in [-0.2, -0.15) is 0 Å². The Bertz CT molecular complexity index is 322. The van der Waals surface area contributed by atoms with E-state index in [0.29, 0.717) is 5.75 Å². The van der Waals surface area contributed by atoms with Gasteiger partial charge in [-0.15, -0.1) is 11.8 Å². The predicted octanol–water partition coefficient (Wildman–Crippen LogP) is 2.07. The molecule has 2 amide bonds. The first kappa shape index (κ1) is 15.1. The zero-order valence-corrected chi connectivity index (χ0v) is 12.2. The van der Waals surface area contributed by atoms with Gasteiger partial charge in [0.25, 0.3) is 0 Å². The fourth-order valence-electron chi connectivity index (χ4n) is 1.88. The van der Waals surface area contributed by atoms with E-state index in [1.807, 2.05) is 20.8 Å². The summed E-state index contributed by atoms with van der Waals surface area (Å²) in [5.41, 5.74) is 0. The molecule has 0 aromatic heterocycles. The molecule has 0 aromatic carbocycles. The normalized spacial score (nSPS) is 23.5. The Kier molecular flexibility index (Phi) is 5.31. The molecule has 1 N–H and O–H groups in total. The highest BCUT2D eigenvalue weighted by Crippen LogP contribution is 2.33. The van der Waals surface area contributed by atoms with Crippen LogP contribution in [0.25, 0.3) is 0 Å². The van der Waals surface area contributed by atoms with E-state index in [4.69, 9.17) is 0 Å². The monoisotopic (exact) mass is 274 g/mol. The molecule has 1 aliphatic heterocycles. The van der Waals surface area contributed by atoms with Crippen molar-refractivity contribution in [1.82, 2.24) is 9.80 Å². The smallest absolute Gasteiger partial charge is 0.327 e. The van der Waals surface area contributed by atoms with Crippen LogP contribution in [0.1, 0.15) is 33.6 Å². The highest BCUT2D eigenvalue weighted by Gasteiger charge is 2.42. The predicted molar refractivity (Wildman–Crippen MR) is 72.7 cm³/mol. The Balaban J connectivity index is 2.89. The summed E-state index contributed by atoms with van der Waals surface area (Å²) in [6.07, 6.45) is 1.78. The van der Waals surface area contributed by atoms with Gasteiger partial charge in [0.1, 0.15) is 6.04 Å². The largest absolute Gasteiger partial charge is 0.480 e. The summed E-state index contributed by atoms with van der Waals surface area (Å²) < 4.78 is 0. The van der Waals surface area contributed by atoms with E-state index in [1.54, 1.807) is 23.7 Å². The van der Waals surface area contributed by atoms with Crippen LogP contribution < -0.4 is 0 Å². The summed E-state index contributed by atoms with van der Waals surface area (Å²) in [7, 11) is 1.72. The number of hydrogen-bond acceptors (Lipinski definition) is 3. The van der Waals surface area contributed by atoms with Gasteiger partial charge < -0.3 is 10.0 Å². The molecule has 1 fully saturated rings. The quantitative estimate of drug-likeness (QED) is 0.852. The van der Waals surface area contributed by atoms with Gasteiger partial charge in [0, 0.05) is 18.8 Å². The minimum atomic E-state index is -0.911. The molecule has 1 saturated heterocycles. The van der Waals surface area contributed by atoms with Gasteiger partial charge in [0.15, 0.2) is 0 Å². The van der Waals surface area contributed by atoms with Crippen molar-refractivity contribution in [1.29, 1.82) is 0 Å². The molecule has 18 heavy (non-hydrogen) atoms. The van der Waals surface area contributed by atoms with Crippen LogP contribution >= 0.6 is 11.8 Å². The Hall–Kier alpha value is -0.910. The first-order valence-corrected chi connectivity index (χ1v) is 7.34. The van der Waals surface area contributed by atoms with Gasteiger partial charge in [-0.1, -0.05) is 13.3 Å². The molecule has 0 aliphatic carbocycles. The summed E-state index contributed by atoms with van der Waals surface area (Å²) in [5, 5.41) is 9.20. The molecule has 1 aliphatic rings. The molecule has 1 rings (SSSR count). The lowest BCUT2D eigenvalue weighted by atomic mass is 10.2. The van der Waals surface area contributed by atoms with Crippen molar-refractivity contribution in [3.63, 3.8) is 0 Å². The lowest BCUT2D eigenvalue weighted by Gasteiger charge is -2.33. The number of aliphatic carboxylic acids is 1. The number of urea groups is 1. The van der Waals surface area contributed by atoms with Crippen LogP contribution in [0.15, 0.2) is 0 Å². The van der Waals surface area contributed by atoms with Crippen LogP contribution in [0.4, 0.5) is 4.79 Å². The van der Waals surface area contributed by atoms with E-state index in [9.17, 15) is 14.7 Å². The third-order valence-corrected chi connectivity index (χ3v) is 4.57. The molecule has 2 unspecified atom stereocenters. The van der Waals surface area contributed by atoms with Crippen molar-refractivity contribution >= 4 is 23.8 Å². The van der Waals surface area contributed by atoms with E-state index < -0.39 is 12.0 Å². The average molecular weight is 274 g/mol. The molecule has 2 atom stereocenters. The van der Waals surface area contributed by atoms with Gasteiger partial charge in [-0.3, -0.25) is 4.90 Å². The van der Waals surface area contributed by atoms with Crippen molar-refractivity contribution in [2.75, 3.05) is 12.8 Å². The molecular formula is C12H22N2O3S. The van der Waals surface area contributed by atoms with Crippen LogP contribution in [0.2, 0.25) is 0 Å². The van der Waals surface area contributed by atoms with Gasteiger partial charge in [0.05, 0.1) is 5.37 Å². The van der Waals surface area contributed by atoms with E-state index in [1.165, 1.54) is 4.90 Å². The molecule has 5 nitrogen and oxygen atoms in total. The van der Waals surface area contributed by atoms with Crippen LogP contribution in [0.3, 0.4) is 0 Å². The number of carboxylic acid groups (broad SMARTS) is 1. The number of rotatable bonds is 4. The second-order valence-corrected chi connectivity index (χ2v) is 6.04.